The van der Waals surface area contributed by atoms with Crippen LogP contribution in [0.15, 0.2) is 64.1 Å². The molecule has 0 N–H and O–H groups in total. The van der Waals surface area contributed by atoms with Gasteiger partial charge in [0.25, 0.3) is 0 Å². The Morgan fingerprint density at radius 2 is 1.68 bits per heavy atom. The number of rotatable bonds is 5. The van der Waals surface area contributed by atoms with Gasteiger partial charge in [0.15, 0.2) is 0 Å². The molecule has 0 bridgehead atoms. The van der Waals surface area contributed by atoms with Crippen molar-refractivity contribution in [3.63, 3.8) is 0 Å². The van der Waals surface area contributed by atoms with Crippen LogP contribution in [-0.4, -0.2) is 20.3 Å². The third-order valence-corrected chi connectivity index (χ3v) is 5.26. The van der Waals surface area contributed by atoms with Crippen LogP contribution in [0.25, 0.3) is 22.6 Å². The van der Waals surface area contributed by atoms with Crippen LogP contribution < -0.4 is 0 Å². The van der Waals surface area contributed by atoms with Crippen molar-refractivity contribution in [3.05, 3.63) is 77.4 Å². The van der Waals surface area contributed by atoms with E-state index in [4.69, 9.17) is 4.52 Å². The maximum atomic E-state index is 13.0. The molecule has 0 radical (unpaired) electrons. The van der Waals surface area contributed by atoms with E-state index in [9.17, 15) is 4.39 Å². The van der Waals surface area contributed by atoms with Gasteiger partial charge >= 0.3 is 0 Å². The third kappa shape index (κ3) is 4.09. The zero-order valence-electron chi connectivity index (χ0n) is 15.4. The Kier molecular flexibility index (Phi) is 5.16. The minimum Gasteiger partial charge on any atom is -0.338 e. The monoisotopic (exact) mass is 392 g/mol. The van der Waals surface area contributed by atoms with Crippen molar-refractivity contribution in [1.29, 1.82) is 0 Å². The van der Waals surface area contributed by atoms with E-state index in [0.29, 0.717) is 23.2 Å². The van der Waals surface area contributed by atoms with Gasteiger partial charge in [-0.05, 0) is 67.4 Å². The van der Waals surface area contributed by atoms with E-state index in [1.165, 1.54) is 35.0 Å². The smallest absolute Gasteiger partial charge is 0.237 e. The van der Waals surface area contributed by atoms with Crippen LogP contribution in [0.3, 0.4) is 0 Å². The van der Waals surface area contributed by atoms with E-state index in [1.54, 1.807) is 12.1 Å². The molecule has 0 atom stereocenters. The average Bonchev–Trinajstić information content (AvgIpc) is 3.19. The normalized spacial score (nSPS) is 11.0. The maximum Gasteiger partial charge on any atom is 0.237 e. The molecule has 0 spiro atoms. The summed E-state index contributed by atoms with van der Waals surface area (Å²) in [5.74, 6) is 1.34. The summed E-state index contributed by atoms with van der Waals surface area (Å²) in [5.41, 5.74) is 4.87. The third-order valence-electron chi connectivity index (χ3n) is 4.36. The van der Waals surface area contributed by atoms with Crippen LogP contribution in [0.1, 0.15) is 17.0 Å². The highest BCUT2D eigenvalue weighted by atomic mass is 32.2. The zero-order chi connectivity index (χ0) is 19.5. The maximum absolute atomic E-state index is 13.0. The molecule has 5 nitrogen and oxygen atoms in total. The van der Waals surface area contributed by atoms with Gasteiger partial charge in [-0.3, -0.25) is 0 Å². The molecule has 0 aliphatic rings. The van der Waals surface area contributed by atoms with Gasteiger partial charge in [0, 0.05) is 11.1 Å². The van der Waals surface area contributed by atoms with Crippen molar-refractivity contribution < 1.29 is 8.91 Å². The summed E-state index contributed by atoms with van der Waals surface area (Å²) >= 11 is 1.46. The molecule has 0 amide bonds. The SMILES string of the molecule is Cc1ccc(-c2noc(CSc3ccc(-c4ccc(F)cc4)nn3)n2)cc1C. The Labute approximate surface area is 166 Å². The molecule has 0 saturated carbocycles. The Balaban J connectivity index is 1.41. The summed E-state index contributed by atoms with van der Waals surface area (Å²) in [5, 5.41) is 13.2. The van der Waals surface area contributed by atoms with Crippen LogP contribution in [0.5, 0.6) is 0 Å². The number of nitrogens with zero attached hydrogens (tertiary/aromatic N) is 4. The molecular weight excluding hydrogens is 375 g/mol. The first-order chi connectivity index (χ1) is 13.6. The molecule has 0 fully saturated rings. The van der Waals surface area contributed by atoms with E-state index in [1.807, 2.05) is 24.3 Å². The standard InChI is InChI=1S/C21H17FN4OS/c1-13-3-4-16(11-14(13)2)21-23-19(27-26-21)12-28-20-10-9-18(24-25-20)15-5-7-17(22)8-6-15/h3-11H,12H2,1-2H3. The molecule has 7 heteroatoms. The van der Waals surface area contributed by atoms with E-state index >= 15 is 0 Å². The van der Waals surface area contributed by atoms with Crippen molar-refractivity contribution in [1.82, 2.24) is 20.3 Å². The second-order valence-corrected chi connectivity index (χ2v) is 7.36. The summed E-state index contributed by atoms with van der Waals surface area (Å²) < 4.78 is 18.4. The zero-order valence-corrected chi connectivity index (χ0v) is 16.2. The lowest BCUT2D eigenvalue weighted by Crippen LogP contribution is -1.90. The van der Waals surface area contributed by atoms with Crippen LogP contribution in [-0.2, 0) is 5.75 Å². The topological polar surface area (TPSA) is 64.7 Å². The summed E-state index contributed by atoms with van der Waals surface area (Å²) in [6.07, 6.45) is 0. The Morgan fingerprint density at radius 3 is 2.39 bits per heavy atom. The summed E-state index contributed by atoms with van der Waals surface area (Å²) in [6.45, 7) is 4.13. The van der Waals surface area contributed by atoms with Crippen molar-refractivity contribution in [2.45, 2.75) is 24.6 Å². The fourth-order valence-electron chi connectivity index (χ4n) is 2.62. The number of benzene rings is 2. The highest BCUT2D eigenvalue weighted by molar-refractivity contribution is 7.98. The van der Waals surface area contributed by atoms with Crippen LogP contribution in [0.4, 0.5) is 4.39 Å². The summed E-state index contributed by atoms with van der Waals surface area (Å²) in [6, 6.07) is 16.0. The molecule has 140 valence electrons. The lowest BCUT2D eigenvalue weighted by atomic mass is 10.1. The lowest BCUT2D eigenvalue weighted by Gasteiger charge is -2.01. The van der Waals surface area contributed by atoms with E-state index in [2.05, 4.69) is 40.3 Å². The van der Waals surface area contributed by atoms with Gasteiger partial charge in [0.1, 0.15) is 10.8 Å². The Bertz CT molecular complexity index is 1090. The highest BCUT2D eigenvalue weighted by Gasteiger charge is 2.11. The number of aryl methyl sites for hydroxylation is 2. The Hall–Kier alpha value is -3.06. The molecule has 2 heterocycles. The van der Waals surface area contributed by atoms with Crippen molar-refractivity contribution in [2.75, 3.05) is 0 Å². The summed E-state index contributed by atoms with van der Waals surface area (Å²) in [7, 11) is 0. The van der Waals surface area contributed by atoms with Crippen molar-refractivity contribution >= 4 is 11.8 Å². The molecule has 0 saturated heterocycles. The van der Waals surface area contributed by atoms with Crippen molar-refractivity contribution in [2.24, 2.45) is 0 Å². The van der Waals surface area contributed by atoms with Gasteiger partial charge in [-0.2, -0.15) is 4.98 Å². The summed E-state index contributed by atoms with van der Waals surface area (Å²) in [4.78, 5) is 4.46. The minimum atomic E-state index is -0.274. The predicted molar refractivity (Wildman–Crippen MR) is 106 cm³/mol. The largest absolute Gasteiger partial charge is 0.338 e. The molecule has 28 heavy (non-hydrogen) atoms. The van der Waals surface area contributed by atoms with Crippen molar-refractivity contribution in [3.8, 4) is 22.6 Å². The number of hydrogen-bond acceptors (Lipinski definition) is 6. The van der Waals surface area contributed by atoms with Gasteiger partial charge in [0.2, 0.25) is 11.7 Å². The average molecular weight is 392 g/mol. The van der Waals surface area contributed by atoms with Crippen LogP contribution >= 0.6 is 11.8 Å². The molecule has 2 aromatic carbocycles. The number of hydrogen-bond donors (Lipinski definition) is 0. The second-order valence-electron chi connectivity index (χ2n) is 6.36. The lowest BCUT2D eigenvalue weighted by molar-refractivity contribution is 0.391. The minimum absolute atomic E-state index is 0.274. The first-order valence-corrected chi connectivity index (χ1v) is 9.70. The molecular formula is C21H17FN4OS. The van der Waals surface area contributed by atoms with Gasteiger partial charge in [0.05, 0.1) is 11.4 Å². The molecule has 4 rings (SSSR count). The van der Waals surface area contributed by atoms with E-state index in [-0.39, 0.29) is 5.82 Å². The van der Waals surface area contributed by atoms with Gasteiger partial charge in [-0.25, -0.2) is 4.39 Å². The van der Waals surface area contributed by atoms with Gasteiger partial charge in [-0.1, -0.05) is 29.1 Å². The van der Waals surface area contributed by atoms with Crippen LogP contribution in [0.2, 0.25) is 0 Å². The van der Waals surface area contributed by atoms with Crippen LogP contribution in [0, 0.1) is 19.7 Å². The molecule has 0 aliphatic heterocycles. The fourth-order valence-corrected chi connectivity index (χ4v) is 3.27. The molecule has 0 aliphatic carbocycles. The highest BCUT2D eigenvalue weighted by Crippen LogP contribution is 2.24. The first-order valence-electron chi connectivity index (χ1n) is 8.71. The Morgan fingerprint density at radius 1 is 0.893 bits per heavy atom. The second kappa shape index (κ2) is 7.90. The molecule has 0 unspecified atom stereocenters. The van der Waals surface area contributed by atoms with Gasteiger partial charge < -0.3 is 4.52 Å². The number of aromatic nitrogens is 4. The molecule has 4 aromatic rings. The van der Waals surface area contributed by atoms with E-state index in [0.717, 1.165) is 16.2 Å². The molecule has 2 aromatic heterocycles. The van der Waals surface area contributed by atoms with Gasteiger partial charge in [-0.15, -0.1) is 10.2 Å². The van der Waals surface area contributed by atoms with E-state index < -0.39 is 0 Å². The quantitative estimate of drug-likeness (QED) is 0.433. The number of halogens is 1. The first kappa shape index (κ1) is 18.3. The number of thioether (sulfide) groups is 1. The predicted octanol–water partition coefficient (Wildman–Crippen LogP) is 5.24. The fraction of sp³-hybridized carbons (Fsp3) is 0.143.